The maximum absolute atomic E-state index is 5.61. The highest BCUT2D eigenvalue weighted by Gasteiger charge is 1.81. The molecule has 0 nitrogen and oxygen atoms in total. The van der Waals surface area contributed by atoms with Crippen LogP contribution in [0.1, 0.15) is 5.56 Å². The molecule has 0 atom stereocenters. The van der Waals surface area contributed by atoms with Crippen LogP contribution in [0.4, 0.5) is 0 Å². The summed E-state index contributed by atoms with van der Waals surface area (Å²) in [7, 11) is 0. The van der Waals surface area contributed by atoms with Gasteiger partial charge >= 0.3 is 0 Å². The van der Waals surface area contributed by atoms with E-state index in [1.807, 2.05) is 31.2 Å². The van der Waals surface area contributed by atoms with Crippen LogP contribution in [0, 0.1) is 6.92 Å². The summed E-state index contributed by atoms with van der Waals surface area (Å²) in [6, 6.07) is 7.75. The summed E-state index contributed by atoms with van der Waals surface area (Å²) in [6.45, 7) is 2.04. The molecular formula is C8H10Cl2. The van der Waals surface area contributed by atoms with Gasteiger partial charge in [-0.2, -0.15) is 0 Å². The quantitative estimate of drug-likeness (QED) is 0.532. The Hall–Kier alpha value is -0.200. The van der Waals surface area contributed by atoms with E-state index in [9.17, 15) is 0 Å². The molecule has 10 heavy (non-hydrogen) atoms. The topological polar surface area (TPSA) is 0 Å². The van der Waals surface area contributed by atoms with Crippen LogP contribution in [-0.2, 0) is 0 Å². The Balaban J connectivity index is 0.000000371. The van der Waals surface area contributed by atoms with Crippen molar-refractivity contribution in [3.05, 3.63) is 34.9 Å². The molecule has 1 rings (SSSR count). The Morgan fingerprint density at radius 1 is 1.00 bits per heavy atom. The zero-order valence-electron chi connectivity index (χ0n) is 6.07. The molecule has 0 heterocycles. The zero-order chi connectivity index (χ0) is 7.98. The van der Waals surface area contributed by atoms with Gasteiger partial charge < -0.3 is 0 Å². The van der Waals surface area contributed by atoms with Gasteiger partial charge in [-0.25, -0.2) is 0 Å². The standard InChI is InChI=1S/C7H7Cl.CH3Cl/c1-6-2-4-7(8)5-3-6;1-2/h2-5H,1H3;1H3. The normalized spacial score (nSPS) is 8.00. The molecular weight excluding hydrogens is 167 g/mol. The Morgan fingerprint density at radius 3 is 1.70 bits per heavy atom. The SMILES string of the molecule is CCl.Cc1ccc(Cl)cc1. The number of aryl methyl sites for hydroxylation is 1. The van der Waals surface area contributed by atoms with E-state index in [1.54, 1.807) is 0 Å². The van der Waals surface area contributed by atoms with Crippen LogP contribution in [0.25, 0.3) is 0 Å². The van der Waals surface area contributed by atoms with Crippen LogP contribution in [-0.4, -0.2) is 6.38 Å². The van der Waals surface area contributed by atoms with E-state index in [4.69, 9.17) is 11.6 Å². The fourth-order valence-electron chi connectivity index (χ4n) is 0.533. The molecule has 0 aliphatic rings. The highest BCUT2D eigenvalue weighted by molar-refractivity contribution is 6.30. The van der Waals surface area contributed by atoms with Crippen molar-refractivity contribution in [3.63, 3.8) is 0 Å². The lowest BCUT2D eigenvalue weighted by Gasteiger charge is -1.88. The van der Waals surface area contributed by atoms with Crippen LogP contribution in [0.3, 0.4) is 0 Å². The molecule has 1 aromatic rings. The maximum Gasteiger partial charge on any atom is 0.0406 e. The molecule has 0 aromatic heterocycles. The number of hydrogen-bond acceptors (Lipinski definition) is 0. The molecule has 0 N–H and O–H groups in total. The lowest BCUT2D eigenvalue weighted by atomic mass is 10.2. The minimum absolute atomic E-state index is 0.801. The van der Waals surface area contributed by atoms with Crippen LogP contribution < -0.4 is 0 Å². The molecule has 0 amide bonds. The number of rotatable bonds is 0. The van der Waals surface area contributed by atoms with E-state index in [-0.39, 0.29) is 0 Å². The van der Waals surface area contributed by atoms with Crippen LogP contribution in [0.2, 0.25) is 5.02 Å². The van der Waals surface area contributed by atoms with Crippen molar-refractivity contribution in [2.45, 2.75) is 6.92 Å². The summed E-state index contributed by atoms with van der Waals surface area (Å²) in [4.78, 5) is 0. The van der Waals surface area contributed by atoms with Gasteiger partial charge in [0.25, 0.3) is 0 Å². The van der Waals surface area contributed by atoms with Gasteiger partial charge in [0.05, 0.1) is 0 Å². The molecule has 0 saturated carbocycles. The smallest absolute Gasteiger partial charge is 0.0406 e. The molecule has 0 aliphatic carbocycles. The van der Waals surface area contributed by atoms with Gasteiger partial charge in [0.2, 0.25) is 0 Å². The van der Waals surface area contributed by atoms with E-state index >= 15 is 0 Å². The molecule has 0 bridgehead atoms. The first kappa shape index (κ1) is 9.80. The minimum atomic E-state index is 0.801. The molecule has 0 saturated heterocycles. The fourth-order valence-corrected chi connectivity index (χ4v) is 0.659. The average Bonchev–Trinajstić information content (AvgIpc) is 2.00. The maximum atomic E-state index is 5.61. The van der Waals surface area contributed by atoms with Gasteiger partial charge in [0.15, 0.2) is 0 Å². The summed E-state index contributed by atoms with van der Waals surface area (Å²) >= 11 is 10.3. The lowest BCUT2D eigenvalue weighted by Crippen LogP contribution is -1.66. The number of halogens is 2. The predicted molar refractivity (Wildman–Crippen MR) is 48.0 cm³/mol. The zero-order valence-corrected chi connectivity index (χ0v) is 7.58. The summed E-state index contributed by atoms with van der Waals surface area (Å²) in [5, 5.41) is 0.801. The van der Waals surface area contributed by atoms with Crippen molar-refractivity contribution < 1.29 is 0 Å². The van der Waals surface area contributed by atoms with Crippen molar-refractivity contribution in [1.29, 1.82) is 0 Å². The molecule has 0 fully saturated rings. The summed E-state index contributed by atoms with van der Waals surface area (Å²) in [5.74, 6) is 0. The van der Waals surface area contributed by atoms with Crippen molar-refractivity contribution in [3.8, 4) is 0 Å². The van der Waals surface area contributed by atoms with Crippen LogP contribution >= 0.6 is 23.2 Å². The van der Waals surface area contributed by atoms with Crippen molar-refractivity contribution in [1.82, 2.24) is 0 Å². The molecule has 0 spiro atoms. The molecule has 0 aliphatic heterocycles. The van der Waals surface area contributed by atoms with E-state index in [2.05, 4.69) is 11.6 Å². The summed E-state index contributed by atoms with van der Waals surface area (Å²) < 4.78 is 0. The molecule has 56 valence electrons. The monoisotopic (exact) mass is 176 g/mol. The number of benzene rings is 1. The van der Waals surface area contributed by atoms with Gasteiger partial charge in [-0.15, -0.1) is 11.6 Å². The number of hydrogen-bond donors (Lipinski definition) is 0. The Labute approximate surface area is 71.8 Å². The highest BCUT2D eigenvalue weighted by atomic mass is 35.5. The highest BCUT2D eigenvalue weighted by Crippen LogP contribution is 2.07. The summed E-state index contributed by atoms with van der Waals surface area (Å²) in [5.41, 5.74) is 1.24. The van der Waals surface area contributed by atoms with Crippen LogP contribution in [0.15, 0.2) is 24.3 Å². The molecule has 0 unspecified atom stereocenters. The third-order valence-electron chi connectivity index (χ3n) is 1.01. The fraction of sp³-hybridized carbons (Fsp3) is 0.250. The van der Waals surface area contributed by atoms with Crippen molar-refractivity contribution in [2.75, 3.05) is 6.38 Å². The Kier molecular flexibility index (Phi) is 5.46. The molecule has 1 aromatic carbocycles. The summed E-state index contributed by atoms with van der Waals surface area (Å²) in [6.07, 6.45) is 1.47. The predicted octanol–water partition coefficient (Wildman–Crippen LogP) is 3.50. The third-order valence-corrected chi connectivity index (χ3v) is 1.26. The largest absolute Gasteiger partial charge is 0.130 e. The molecule has 2 heteroatoms. The van der Waals surface area contributed by atoms with E-state index in [0.717, 1.165) is 5.02 Å². The van der Waals surface area contributed by atoms with Gasteiger partial charge in [-0.05, 0) is 19.1 Å². The van der Waals surface area contributed by atoms with Gasteiger partial charge in [-0.1, -0.05) is 29.3 Å². The first-order valence-corrected chi connectivity index (χ1v) is 4.02. The van der Waals surface area contributed by atoms with E-state index in [1.165, 1.54) is 11.9 Å². The van der Waals surface area contributed by atoms with E-state index in [0.29, 0.717) is 0 Å². The minimum Gasteiger partial charge on any atom is -0.130 e. The second-order valence-electron chi connectivity index (χ2n) is 1.80. The van der Waals surface area contributed by atoms with Crippen LogP contribution in [0.5, 0.6) is 0 Å². The van der Waals surface area contributed by atoms with E-state index < -0.39 is 0 Å². The third kappa shape index (κ3) is 3.76. The van der Waals surface area contributed by atoms with Crippen molar-refractivity contribution in [2.24, 2.45) is 0 Å². The molecule has 0 radical (unpaired) electrons. The van der Waals surface area contributed by atoms with Gasteiger partial charge in [0, 0.05) is 11.4 Å². The Bertz CT molecular complexity index is 146. The average molecular weight is 177 g/mol. The second kappa shape index (κ2) is 5.57. The van der Waals surface area contributed by atoms with Crippen molar-refractivity contribution >= 4 is 23.2 Å². The first-order chi connectivity index (χ1) is 4.79. The number of alkyl halides is 1. The van der Waals surface area contributed by atoms with Gasteiger partial charge in [-0.3, -0.25) is 0 Å². The second-order valence-corrected chi connectivity index (χ2v) is 2.23. The first-order valence-electron chi connectivity index (χ1n) is 2.89. The van der Waals surface area contributed by atoms with Gasteiger partial charge in [0.1, 0.15) is 0 Å². The Morgan fingerprint density at radius 2 is 1.40 bits per heavy atom. The lowest BCUT2D eigenvalue weighted by molar-refractivity contribution is 1.48.